The maximum absolute atomic E-state index is 12.6. The molecule has 0 aliphatic heterocycles. The first-order valence-electron chi connectivity index (χ1n) is 10.3. The number of carbonyl (C=O) groups excluding carboxylic acids is 1. The lowest BCUT2D eigenvalue weighted by Crippen LogP contribution is -2.12. The maximum atomic E-state index is 12.6. The lowest BCUT2D eigenvalue weighted by molar-refractivity contribution is 0.102. The van der Waals surface area contributed by atoms with Crippen LogP contribution in [-0.2, 0) is 0 Å². The van der Waals surface area contributed by atoms with E-state index < -0.39 is 0 Å². The highest BCUT2D eigenvalue weighted by Gasteiger charge is 2.13. The average Bonchev–Trinajstić information content (AvgIpc) is 2.81. The molecule has 2 heterocycles. The number of ether oxygens (including phenoxy) is 1. The van der Waals surface area contributed by atoms with Gasteiger partial charge in [0.25, 0.3) is 5.91 Å². The van der Waals surface area contributed by atoms with E-state index in [1.54, 1.807) is 24.7 Å². The van der Waals surface area contributed by atoms with Crippen molar-refractivity contribution < 1.29 is 9.53 Å². The third-order valence-electron chi connectivity index (χ3n) is 5.07. The predicted molar refractivity (Wildman–Crippen MR) is 126 cm³/mol. The molecule has 2 aromatic heterocycles. The Kier molecular flexibility index (Phi) is 6.12. The van der Waals surface area contributed by atoms with Gasteiger partial charge in [-0.3, -0.25) is 9.78 Å². The minimum Gasteiger partial charge on any atom is -0.482 e. The Morgan fingerprint density at radius 1 is 1.00 bits per heavy atom. The van der Waals surface area contributed by atoms with E-state index in [1.807, 2.05) is 74.5 Å². The Labute approximate surface area is 187 Å². The van der Waals surface area contributed by atoms with Crippen molar-refractivity contribution in [2.24, 2.45) is 0 Å². The molecule has 0 fully saturated rings. The summed E-state index contributed by atoms with van der Waals surface area (Å²) in [5, 5.41) is 2.95. The number of pyridine rings is 2. The first-order valence-corrected chi connectivity index (χ1v) is 10.3. The van der Waals surface area contributed by atoms with Crippen LogP contribution >= 0.6 is 0 Å². The van der Waals surface area contributed by atoms with Gasteiger partial charge >= 0.3 is 0 Å². The molecule has 4 rings (SSSR count). The Bertz CT molecular complexity index is 1240. The molecule has 0 aliphatic rings. The number of nitrogens with two attached hydrogens (primary N) is 1. The molecule has 4 aromatic rings. The van der Waals surface area contributed by atoms with Gasteiger partial charge in [0.05, 0.1) is 0 Å². The third-order valence-corrected chi connectivity index (χ3v) is 5.07. The number of hydrogen-bond acceptors (Lipinski definition) is 5. The molecule has 2 aromatic carbocycles. The quantitative estimate of drug-likeness (QED) is 0.431. The third kappa shape index (κ3) is 4.92. The van der Waals surface area contributed by atoms with Crippen molar-refractivity contribution in [1.82, 2.24) is 9.97 Å². The van der Waals surface area contributed by atoms with E-state index >= 15 is 0 Å². The minimum atomic E-state index is -0.306. The molecule has 0 aliphatic carbocycles. The first kappa shape index (κ1) is 21.1. The molecule has 0 spiro atoms. The van der Waals surface area contributed by atoms with E-state index in [9.17, 15) is 4.79 Å². The SMILES string of the molecule is Cc1cccc(C(=O)Nc2cccc([C@@H](C)Oc3cc(-c4cccnc4)cnc3N)c2)c1. The van der Waals surface area contributed by atoms with Crippen LogP contribution in [0.25, 0.3) is 11.1 Å². The van der Waals surface area contributed by atoms with Crippen LogP contribution in [0, 0.1) is 6.92 Å². The second kappa shape index (κ2) is 9.31. The topological polar surface area (TPSA) is 90.1 Å². The number of hydrogen-bond donors (Lipinski definition) is 2. The lowest BCUT2D eigenvalue weighted by Gasteiger charge is -2.18. The largest absolute Gasteiger partial charge is 0.482 e. The van der Waals surface area contributed by atoms with E-state index in [1.165, 1.54) is 0 Å². The maximum Gasteiger partial charge on any atom is 0.255 e. The monoisotopic (exact) mass is 424 g/mol. The zero-order valence-corrected chi connectivity index (χ0v) is 17.9. The molecule has 0 unspecified atom stereocenters. The van der Waals surface area contributed by atoms with Crippen LogP contribution in [0.5, 0.6) is 5.75 Å². The second-order valence-electron chi connectivity index (χ2n) is 7.56. The minimum absolute atomic E-state index is 0.156. The van der Waals surface area contributed by atoms with Gasteiger partial charge in [0.2, 0.25) is 0 Å². The molecule has 0 bridgehead atoms. The second-order valence-corrected chi connectivity index (χ2v) is 7.56. The predicted octanol–water partition coefficient (Wildman–Crippen LogP) is 5.43. The van der Waals surface area contributed by atoms with Crippen LogP contribution in [-0.4, -0.2) is 15.9 Å². The number of nitrogens with one attached hydrogen (secondary N) is 1. The van der Waals surface area contributed by atoms with E-state index in [2.05, 4.69) is 15.3 Å². The van der Waals surface area contributed by atoms with Gasteiger partial charge in [0.15, 0.2) is 11.6 Å². The number of nitrogen functional groups attached to an aromatic ring is 1. The summed E-state index contributed by atoms with van der Waals surface area (Å²) in [7, 11) is 0. The van der Waals surface area contributed by atoms with Crippen LogP contribution in [0.1, 0.15) is 34.5 Å². The van der Waals surface area contributed by atoms with Gasteiger partial charge in [-0.15, -0.1) is 0 Å². The molecule has 6 heteroatoms. The lowest BCUT2D eigenvalue weighted by atomic mass is 10.1. The van der Waals surface area contributed by atoms with Gasteiger partial charge < -0.3 is 15.8 Å². The number of nitrogens with zero attached hydrogens (tertiary/aromatic N) is 2. The summed E-state index contributed by atoms with van der Waals surface area (Å²) in [6, 6.07) is 20.7. The first-order chi connectivity index (χ1) is 15.5. The van der Waals surface area contributed by atoms with Crippen LogP contribution in [0.2, 0.25) is 0 Å². The van der Waals surface area contributed by atoms with E-state index in [-0.39, 0.29) is 12.0 Å². The van der Waals surface area contributed by atoms with Gasteiger partial charge in [-0.25, -0.2) is 4.98 Å². The summed E-state index contributed by atoms with van der Waals surface area (Å²) in [4.78, 5) is 21.0. The number of aromatic nitrogens is 2. The summed E-state index contributed by atoms with van der Waals surface area (Å²) < 4.78 is 6.13. The van der Waals surface area contributed by atoms with Crippen molar-refractivity contribution in [3.63, 3.8) is 0 Å². The number of anilines is 2. The number of carbonyl (C=O) groups is 1. The highest BCUT2D eigenvalue weighted by molar-refractivity contribution is 6.04. The van der Waals surface area contributed by atoms with Crippen LogP contribution in [0.4, 0.5) is 11.5 Å². The smallest absolute Gasteiger partial charge is 0.255 e. The zero-order valence-electron chi connectivity index (χ0n) is 17.9. The highest BCUT2D eigenvalue weighted by atomic mass is 16.5. The number of aryl methyl sites for hydroxylation is 1. The fraction of sp³-hybridized carbons (Fsp3) is 0.115. The van der Waals surface area contributed by atoms with Gasteiger partial charge in [-0.1, -0.05) is 35.9 Å². The summed E-state index contributed by atoms with van der Waals surface area (Å²) in [6.07, 6.45) is 4.88. The molecule has 0 saturated heterocycles. The Morgan fingerprint density at radius 3 is 2.62 bits per heavy atom. The number of benzene rings is 2. The molecule has 6 nitrogen and oxygen atoms in total. The van der Waals surface area contributed by atoms with Crippen molar-refractivity contribution in [1.29, 1.82) is 0 Å². The summed E-state index contributed by atoms with van der Waals surface area (Å²) in [6.45, 7) is 3.89. The van der Waals surface area contributed by atoms with Gasteiger partial charge in [-0.05, 0) is 55.8 Å². The number of rotatable bonds is 6. The van der Waals surface area contributed by atoms with Gasteiger partial charge in [0.1, 0.15) is 6.10 Å². The standard InChI is InChI=1S/C26H24N4O2/c1-17-6-3-8-20(12-17)26(31)30-23-10-4-7-19(13-23)18(2)32-24-14-22(16-29-25(24)27)21-9-5-11-28-15-21/h3-16,18H,1-2H3,(H2,27,29)(H,30,31)/t18-/m1/s1. The molecule has 3 N–H and O–H groups in total. The Hall–Kier alpha value is -4.19. The fourth-order valence-electron chi connectivity index (χ4n) is 3.36. The van der Waals surface area contributed by atoms with E-state index in [4.69, 9.17) is 10.5 Å². The fourth-order valence-corrected chi connectivity index (χ4v) is 3.36. The van der Waals surface area contributed by atoms with E-state index in [0.717, 1.165) is 22.3 Å². The highest BCUT2D eigenvalue weighted by Crippen LogP contribution is 2.31. The molecule has 1 atom stereocenters. The van der Waals surface area contributed by atoms with Crippen molar-refractivity contribution in [2.75, 3.05) is 11.1 Å². The van der Waals surface area contributed by atoms with Gasteiger partial charge in [0, 0.05) is 41.0 Å². The molecular weight excluding hydrogens is 400 g/mol. The van der Waals surface area contributed by atoms with Crippen molar-refractivity contribution in [3.8, 4) is 16.9 Å². The summed E-state index contributed by atoms with van der Waals surface area (Å²) >= 11 is 0. The van der Waals surface area contributed by atoms with Gasteiger partial charge in [-0.2, -0.15) is 0 Å². The molecule has 0 radical (unpaired) electrons. The van der Waals surface area contributed by atoms with Crippen LogP contribution < -0.4 is 15.8 Å². The molecule has 32 heavy (non-hydrogen) atoms. The molecule has 0 saturated carbocycles. The van der Waals surface area contributed by atoms with Crippen LogP contribution in [0.15, 0.2) is 85.3 Å². The average molecular weight is 425 g/mol. The number of amides is 1. The van der Waals surface area contributed by atoms with Crippen molar-refractivity contribution in [2.45, 2.75) is 20.0 Å². The van der Waals surface area contributed by atoms with Crippen molar-refractivity contribution >= 4 is 17.4 Å². The Balaban J connectivity index is 1.51. The van der Waals surface area contributed by atoms with Crippen molar-refractivity contribution in [3.05, 3.63) is 102 Å². The summed E-state index contributed by atoms with van der Waals surface area (Å²) in [5.41, 5.74) is 11.1. The normalized spacial score (nSPS) is 11.6. The van der Waals surface area contributed by atoms with E-state index in [0.29, 0.717) is 22.8 Å². The zero-order chi connectivity index (χ0) is 22.5. The Morgan fingerprint density at radius 2 is 1.84 bits per heavy atom. The molecule has 160 valence electrons. The van der Waals surface area contributed by atoms with Crippen LogP contribution in [0.3, 0.4) is 0 Å². The molecule has 1 amide bonds. The summed E-state index contributed by atoms with van der Waals surface area (Å²) in [5.74, 6) is 0.651. The molecular formula is C26H24N4O2.